The second-order valence-electron chi connectivity index (χ2n) is 5.36. The van der Waals surface area contributed by atoms with Crippen LogP contribution in [0.3, 0.4) is 0 Å². The molecule has 1 aromatic heterocycles. The van der Waals surface area contributed by atoms with Gasteiger partial charge in [0, 0.05) is 22.7 Å². The SMILES string of the molecule is OC(c1c[nH]c2ccccc12)C1(O)CCCCC1. The van der Waals surface area contributed by atoms with E-state index in [-0.39, 0.29) is 0 Å². The molecule has 1 fully saturated rings. The van der Waals surface area contributed by atoms with Gasteiger partial charge in [0.05, 0.1) is 5.60 Å². The molecule has 0 aliphatic heterocycles. The normalized spacial score (nSPS) is 21.0. The third-order valence-corrected chi connectivity index (χ3v) is 4.14. The Kier molecular flexibility index (Phi) is 2.88. The lowest BCUT2D eigenvalue weighted by Crippen LogP contribution is -2.38. The molecule has 3 rings (SSSR count). The van der Waals surface area contributed by atoms with E-state index >= 15 is 0 Å². The number of aromatic nitrogens is 1. The van der Waals surface area contributed by atoms with Crippen LogP contribution < -0.4 is 0 Å². The molecule has 3 N–H and O–H groups in total. The van der Waals surface area contributed by atoms with Crippen LogP contribution in [0.25, 0.3) is 10.9 Å². The first-order chi connectivity index (χ1) is 8.71. The number of para-hydroxylation sites is 1. The summed E-state index contributed by atoms with van der Waals surface area (Å²) in [7, 11) is 0. The maximum Gasteiger partial charge on any atom is 0.110 e. The van der Waals surface area contributed by atoms with Gasteiger partial charge in [-0.25, -0.2) is 0 Å². The average Bonchev–Trinajstić information content (AvgIpc) is 2.82. The van der Waals surface area contributed by atoms with Crippen LogP contribution in [0.5, 0.6) is 0 Å². The molecule has 0 amide bonds. The Morgan fingerprint density at radius 2 is 1.83 bits per heavy atom. The molecule has 1 aromatic carbocycles. The molecule has 1 aliphatic carbocycles. The van der Waals surface area contributed by atoms with Gasteiger partial charge in [-0.2, -0.15) is 0 Å². The van der Waals surface area contributed by atoms with Crippen LogP contribution in [-0.2, 0) is 0 Å². The molecule has 18 heavy (non-hydrogen) atoms. The van der Waals surface area contributed by atoms with Gasteiger partial charge in [0.1, 0.15) is 6.10 Å². The number of hydrogen-bond donors (Lipinski definition) is 3. The van der Waals surface area contributed by atoms with Gasteiger partial charge in [-0.1, -0.05) is 37.5 Å². The zero-order chi connectivity index (χ0) is 12.6. The van der Waals surface area contributed by atoms with Gasteiger partial charge in [0.15, 0.2) is 0 Å². The smallest absolute Gasteiger partial charge is 0.110 e. The van der Waals surface area contributed by atoms with Gasteiger partial charge in [-0.05, 0) is 18.9 Å². The Morgan fingerprint density at radius 3 is 2.61 bits per heavy atom. The topological polar surface area (TPSA) is 56.2 Å². The Hall–Kier alpha value is -1.32. The van der Waals surface area contributed by atoms with Gasteiger partial charge in [0.25, 0.3) is 0 Å². The molecular weight excluding hydrogens is 226 g/mol. The van der Waals surface area contributed by atoms with Gasteiger partial charge in [-0.3, -0.25) is 0 Å². The molecule has 1 unspecified atom stereocenters. The van der Waals surface area contributed by atoms with E-state index in [1.54, 1.807) is 0 Å². The molecule has 1 aliphatic rings. The Morgan fingerprint density at radius 1 is 1.11 bits per heavy atom. The van der Waals surface area contributed by atoms with E-state index in [2.05, 4.69) is 4.98 Å². The molecule has 0 spiro atoms. The molecule has 1 saturated carbocycles. The molecule has 0 bridgehead atoms. The zero-order valence-electron chi connectivity index (χ0n) is 10.4. The number of nitrogens with one attached hydrogen (secondary N) is 1. The number of aromatic amines is 1. The van der Waals surface area contributed by atoms with Crippen molar-refractivity contribution in [3.63, 3.8) is 0 Å². The summed E-state index contributed by atoms with van der Waals surface area (Å²) in [4.78, 5) is 3.15. The number of H-pyrrole nitrogens is 1. The van der Waals surface area contributed by atoms with Gasteiger partial charge >= 0.3 is 0 Å². The summed E-state index contributed by atoms with van der Waals surface area (Å²) < 4.78 is 0. The minimum absolute atomic E-state index is 0.688. The van der Waals surface area contributed by atoms with Crippen molar-refractivity contribution in [3.05, 3.63) is 36.0 Å². The van der Waals surface area contributed by atoms with Gasteiger partial charge < -0.3 is 15.2 Å². The van der Waals surface area contributed by atoms with E-state index in [4.69, 9.17) is 0 Å². The summed E-state index contributed by atoms with van der Waals surface area (Å²) in [6, 6.07) is 7.88. The molecule has 0 radical (unpaired) electrons. The first-order valence-electron chi connectivity index (χ1n) is 6.67. The highest BCUT2D eigenvalue weighted by Crippen LogP contribution is 2.40. The fourth-order valence-electron chi connectivity index (χ4n) is 3.05. The van der Waals surface area contributed by atoms with Crippen molar-refractivity contribution in [3.8, 4) is 0 Å². The van der Waals surface area contributed by atoms with Crippen LogP contribution in [-0.4, -0.2) is 20.8 Å². The van der Waals surface area contributed by atoms with Crippen LogP contribution in [0.2, 0.25) is 0 Å². The Bertz CT molecular complexity index is 540. The van der Waals surface area contributed by atoms with Crippen molar-refractivity contribution in [2.75, 3.05) is 0 Å². The average molecular weight is 245 g/mol. The van der Waals surface area contributed by atoms with E-state index in [1.807, 2.05) is 30.5 Å². The lowest BCUT2D eigenvalue weighted by molar-refractivity contribution is -0.0985. The molecule has 0 saturated heterocycles. The van der Waals surface area contributed by atoms with E-state index in [1.165, 1.54) is 0 Å². The molecule has 3 nitrogen and oxygen atoms in total. The lowest BCUT2D eigenvalue weighted by Gasteiger charge is -2.36. The van der Waals surface area contributed by atoms with Gasteiger partial charge in [-0.15, -0.1) is 0 Å². The van der Waals surface area contributed by atoms with Crippen molar-refractivity contribution in [2.45, 2.75) is 43.8 Å². The van der Waals surface area contributed by atoms with Crippen LogP contribution >= 0.6 is 0 Å². The van der Waals surface area contributed by atoms with E-state index in [0.717, 1.165) is 35.7 Å². The van der Waals surface area contributed by atoms with Crippen LogP contribution in [0.4, 0.5) is 0 Å². The van der Waals surface area contributed by atoms with Crippen LogP contribution in [0, 0.1) is 0 Å². The maximum atomic E-state index is 10.6. The molecule has 1 heterocycles. The number of benzene rings is 1. The minimum Gasteiger partial charge on any atom is -0.387 e. The first kappa shape index (κ1) is 11.8. The van der Waals surface area contributed by atoms with E-state index < -0.39 is 11.7 Å². The number of fused-ring (bicyclic) bond motifs is 1. The molecule has 1 atom stereocenters. The van der Waals surface area contributed by atoms with Crippen molar-refractivity contribution < 1.29 is 10.2 Å². The Balaban J connectivity index is 1.98. The Labute approximate surface area is 106 Å². The fraction of sp³-hybridized carbons (Fsp3) is 0.467. The van der Waals surface area contributed by atoms with Gasteiger partial charge in [0.2, 0.25) is 0 Å². The lowest BCUT2D eigenvalue weighted by atomic mass is 9.78. The molecule has 96 valence electrons. The summed E-state index contributed by atoms with van der Waals surface area (Å²) in [5, 5.41) is 22.1. The highest BCUT2D eigenvalue weighted by Gasteiger charge is 2.38. The van der Waals surface area contributed by atoms with E-state index in [0.29, 0.717) is 12.8 Å². The second-order valence-corrected chi connectivity index (χ2v) is 5.36. The maximum absolute atomic E-state index is 10.6. The quantitative estimate of drug-likeness (QED) is 0.762. The predicted octanol–water partition coefficient (Wildman–Crippen LogP) is 2.90. The van der Waals surface area contributed by atoms with Crippen molar-refractivity contribution in [1.82, 2.24) is 4.98 Å². The summed E-state index contributed by atoms with van der Waals surface area (Å²) in [5.41, 5.74) is 0.865. The van der Waals surface area contributed by atoms with Crippen molar-refractivity contribution >= 4 is 10.9 Å². The minimum atomic E-state index is -0.955. The van der Waals surface area contributed by atoms with E-state index in [9.17, 15) is 10.2 Å². The number of hydrogen-bond acceptors (Lipinski definition) is 2. The highest BCUT2D eigenvalue weighted by molar-refractivity contribution is 5.83. The monoisotopic (exact) mass is 245 g/mol. The third-order valence-electron chi connectivity index (χ3n) is 4.14. The zero-order valence-corrected chi connectivity index (χ0v) is 10.4. The highest BCUT2D eigenvalue weighted by atomic mass is 16.3. The fourth-order valence-corrected chi connectivity index (χ4v) is 3.05. The van der Waals surface area contributed by atoms with Crippen molar-refractivity contribution in [1.29, 1.82) is 0 Å². The second kappa shape index (κ2) is 4.41. The number of aliphatic hydroxyl groups excluding tert-OH is 1. The number of aliphatic hydroxyl groups is 2. The first-order valence-corrected chi connectivity index (χ1v) is 6.67. The van der Waals surface area contributed by atoms with Crippen LogP contribution in [0.15, 0.2) is 30.5 Å². The molecule has 3 heteroatoms. The molecular formula is C15H19NO2. The van der Waals surface area contributed by atoms with Crippen LogP contribution in [0.1, 0.15) is 43.8 Å². The summed E-state index contributed by atoms with van der Waals surface area (Å²) >= 11 is 0. The molecule has 2 aromatic rings. The third kappa shape index (κ3) is 1.84. The van der Waals surface area contributed by atoms with Crippen molar-refractivity contribution in [2.24, 2.45) is 0 Å². The number of rotatable bonds is 2. The summed E-state index contributed by atoms with van der Waals surface area (Å²) in [6.45, 7) is 0. The summed E-state index contributed by atoms with van der Waals surface area (Å²) in [5.74, 6) is 0. The standard InChI is InChI=1S/C15H19NO2/c17-14(15(18)8-4-1-5-9-15)12-10-16-13-7-3-2-6-11(12)13/h2-3,6-7,10,14,16-18H,1,4-5,8-9H2. The largest absolute Gasteiger partial charge is 0.387 e. The predicted molar refractivity (Wildman–Crippen MR) is 71.3 cm³/mol. The summed E-state index contributed by atoms with van der Waals surface area (Å²) in [6.07, 6.45) is 5.55.